The number of carbonyl (C=O) groups is 2. The van der Waals surface area contributed by atoms with Crippen LogP contribution >= 0.6 is 0 Å². The van der Waals surface area contributed by atoms with Crippen LogP contribution < -0.4 is 10.1 Å². The fourth-order valence-corrected chi connectivity index (χ4v) is 1.95. The summed E-state index contributed by atoms with van der Waals surface area (Å²) in [7, 11) is 0. The number of nitrogens with one attached hydrogen (secondary N) is 1. The highest BCUT2D eigenvalue weighted by Gasteiger charge is 2.19. The van der Waals surface area contributed by atoms with Gasteiger partial charge in [-0.2, -0.15) is 0 Å². The van der Waals surface area contributed by atoms with Crippen molar-refractivity contribution in [2.24, 2.45) is 5.92 Å². The van der Waals surface area contributed by atoms with E-state index in [1.165, 1.54) is 0 Å². The summed E-state index contributed by atoms with van der Waals surface area (Å²) < 4.78 is 10.5. The largest absolute Gasteiger partial charge is 0.494 e. The number of aliphatic carboxylic acids is 1. The molecule has 1 atom stereocenters. The molecular weight excluding hydrogens is 298 g/mol. The molecule has 1 amide bonds. The maximum atomic E-state index is 11.6. The lowest BCUT2D eigenvalue weighted by atomic mass is 9.99. The van der Waals surface area contributed by atoms with E-state index >= 15 is 0 Å². The average Bonchev–Trinajstić information content (AvgIpc) is 2.51. The molecule has 1 rings (SSSR count). The lowest BCUT2D eigenvalue weighted by Gasteiger charge is -2.14. The summed E-state index contributed by atoms with van der Waals surface area (Å²) >= 11 is 0. The molecule has 0 fully saturated rings. The van der Waals surface area contributed by atoms with Gasteiger partial charge in [0.15, 0.2) is 0 Å². The first-order chi connectivity index (χ1) is 10.9. The van der Waals surface area contributed by atoms with Gasteiger partial charge in [-0.1, -0.05) is 12.1 Å². The number of carboxylic acid groups (broad SMARTS) is 1. The molecule has 0 bridgehead atoms. The van der Waals surface area contributed by atoms with Gasteiger partial charge in [-0.15, -0.1) is 0 Å². The monoisotopic (exact) mass is 323 g/mol. The van der Waals surface area contributed by atoms with Gasteiger partial charge in [-0.05, 0) is 44.9 Å². The zero-order valence-corrected chi connectivity index (χ0v) is 13.9. The molecule has 0 saturated heterocycles. The number of rotatable bonds is 10. The fraction of sp³-hybridized carbons (Fsp3) is 0.529. The zero-order valence-electron chi connectivity index (χ0n) is 13.9. The van der Waals surface area contributed by atoms with Crippen LogP contribution in [0.4, 0.5) is 0 Å². The number of carboxylic acids is 1. The number of hydrogen-bond donors (Lipinski definition) is 2. The van der Waals surface area contributed by atoms with Crippen LogP contribution in [-0.2, 0) is 20.7 Å². The molecule has 0 aliphatic carbocycles. The summed E-state index contributed by atoms with van der Waals surface area (Å²) in [6.07, 6.45) is 0.299. The lowest BCUT2D eigenvalue weighted by Crippen LogP contribution is -2.36. The standard InChI is InChI=1S/C17H25NO5/c1-4-22-15-7-5-13(6-8-15)9-14(17(20)21)10-18-16(19)11-23-12(2)3/h5-8,12,14H,4,9-11H2,1-3H3,(H,18,19)(H,20,21). The first-order valence-electron chi connectivity index (χ1n) is 7.75. The summed E-state index contributed by atoms with van der Waals surface area (Å²) in [5.74, 6) is -1.18. The molecule has 6 nitrogen and oxygen atoms in total. The highest BCUT2D eigenvalue weighted by Crippen LogP contribution is 2.15. The van der Waals surface area contributed by atoms with Gasteiger partial charge in [-0.25, -0.2) is 0 Å². The molecular formula is C17H25NO5. The van der Waals surface area contributed by atoms with E-state index in [-0.39, 0.29) is 25.2 Å². The third-order valence-electron chi connectivity index (χ3n) is 3.16. The van der Waals surface area contributed by atoms with E-state index in [0.29, 0.717) is 13.0 Å². The summed E-state index contributed by atoms with van der Waals surface area (Å²) in [6.45, 7) is 6.16. The minimum atomic E-state index is -0.941. The van der Waals surface area contributed by atoms with Crippen LogP contribution in [0.15, 0.2) is 24.3 Å². The van der Waals surface area contributed by atoms with Crippen molar-refractivity contribution in [1.29, 1.82) is 0 Å². The van der Waals surface area contributed by atoms with E-state index in [1.807, 2.05) is 45.0 Å². The van der Waals surface area contributed by atoms with Crippen molar-refractivity contribution in [3.63, 3.8) is 0 Å². The Labute approximate surface area is 136 Å². The van der Waals surface area contributed by atoms with Gasteiger partial charge in [0.2, 0.25) is 5.91 Å². The highest BCUT2D eigenvalue weighted by atomic mass is 16.5. The van der Waals surface area contributed by atoms with Crippen molar-refractivity contribution in [3.05, 3.63) is 29.8 Å². The van der Waals surface area contributed by atoms with E-state index in [4.69, 9.17) is 9.47 Å². The van der Waals surface area contributed by atoms with Crippen LogP contribution in [0.25, 0.3) is 0 Å². The van der Waals surface area contributed by atoms with E-state index in [2.05, 4.69) is 5.32 Å². The van der Waals surface area contributed by atoms with E-state index < -0.39 is 11.9 Å². The van der Waals surface area contributed by atoms with Crippen molar-refractivity contribution >= 4 is 11.9 Å². The maximum absolute atomic E-state index is 11.6. The number of hydrogen-bond acceptors (Lipinski definition) is 4. The Balaban J connectivity index is 2.51. The lowest BCUT2D eigenvalue weighted by molar-refractivity contribution is -0.141. The third-order valence-corrected chi connectivity index (χ3v) is 3.16. The molecule has 0 aromatic heterocycles. The summed E-state index contributed by atoms with van der Waals surface area (Å²) in [4.78, 5) is 22.9. The van der Waals surface area contributed by atoms with Gasteiger partial charge < -0.3 is 19.9 Å². The average molecular weight is 323 g/mol. The highest BCUT2D eigenvalue weighted by molar-refractivity contribution is 5.78. The molecule has 6 heteroatoms. The summed E-state index contributed by atoms with van der Waals surface area (Å²) in [6, 6.07) is 7.30. The molecule has 0 aliphatic rings. The van der Waals surface area contributed by atoms with Gasteiger partial charge in [0.05, 0.1) is 18.6 Å². The van der Waals surface area contributed by atoms with E-state index in [0.717, 1.165) is 11.3 Å². The molecule has 1 aromatic carbocycles. The minimum Gasteiger partial charge on any atom is -0.494 e. The van der Waals surface area contributed by atoms with E-state index in [9.17, 15) is 14.7 Å². The van der Waals surface area contributed by atoms with Gasteiger partial charge >= 0.3 is 5.97 Å². The number of carbonyl (C=O) groups excluding carboxylic acids is 1. The predicted octanol–water partition coefficient (Wildman–Crippen LogP) is 1.87. The molecule has 23 heavy (non-hydrogen) atoms. The Bertz CT molecular complexity index is 498. The Morgan fingerprint density at radius 2 is 1.87 bits per heavy atom. The number of ether oxygens (including phenoxy) is 2. The molecule has 0 radical (unpaired) electrons. The molecule has 0 saturated carbocycles. The molecule has 0 aliphatic heterocycles. The minimum absolute atomic E-state index is 0.0418. The number of amides is 1. The summed E-state index contributed by atoms with van der Waals surface area (Å²) in [5.41, 5.74) is 0.883. The van der Waals surface area contributed by atoms with E-state index in [1.54, 1.807) is 0 Å². The fourth-order valence-electron chi connectivity index (χ4n) is 1.95. The second-order valence-corrected chi connectivity index (χ2v) is 5.48. The van der Waals surface area contributed by atoms with Crippen molar-refractivity contribution < 1.29 is 24.2 Å². The smallest absolute Gasteiger partial charge is 0.308 e. The Morgan fingerprint density at radius 3 is 2.39 bits per heavy atom. The second kappa shape index (κ2) is 9.84. The van der Waals surface area contributed by atoms with Gasteiger partial charge in [-0.3, -0.25) is 9.59 Å². The molecule has 0 spiro atoms. The second-order valence-electron chi connectivity index (χ2n) is 5.48. The quantitative estimate of drug-likeness (QED) is 0.686. The first-order valence-corrected chi connectivity index (χ1v) is 7.75. The molecule has 128 valence electrons. The van der Waals surface area contributed by atoms with Gasteiger partial charge in [0, 0.05) is 6.54 Å². The van der Waals surface area contributed by atoms with Crippen molar-refractivity contribution in [2.75, 3.05) is 19.8 Å². The van der Waals surface area contributed by atoms with Crippen LogP contribution in [0, 0.1) is 5.92 Å². The van der Waals surface area contributed by atoms with Crippen LogP contribution in [0.1, 0.15) is 26.3 Å². The zero-order chi connectivity index (χ0) is 17.2. The van der Waals surface area contributed by atoms with Crippen molar-refractivity contribution in [2.45, 2.75) is 33.3 Å². The normalized spacial score (nSPS) is 12.0. The van der Waals surface area contributed by atoms with Crippen LogP contribution in [0.3, 0.4) is 0 Å². The Morgan fingerprint density at radius 1 is 1.22 bits per heavy atom. The molecule has 1 unspecified atom stereocenters. The van der Waals surface area contributed by atoms with Crippen LogP contribution in [0.5, 0.6) is 5.75 Å². The SMILES string of the molecule is CCOc1ccc(CC(CNC(=O)COC(C)C)C(=O)O)cc1. The van der Waals surface area contributed by atoms with Crippen LogP contribution in [-0.4, -0.2) is 42.8 Å². The third kappa shape index (κ3) is 7.65. The van der Waals surface area contributed by atoms with Gasteiger partial charge in [0.25, 0.3) is 0 Å². The molecule has 0 heterocycles. The molecule has 1 aromatic rings. The number of benzene rings is 1. The Hall–Kier alpha value is -2.08. The predicted molar refractivity (Wildman–Crippen MR) is 86.5 cm³/mol. The van der Waals surface area contributed by atoms with Crippen molar-refractivity contribution in [3.8, 4) is 5.75 Å². The van der Waals surface area contributed by atoms with Gasteiger partial charge in [0.1, 0.15) is 12.4 Å². The summed E-state index contributed by atoms with van der Waals surface area (Å²) in [5, 5.41) is 11.9. The Kier molecular flexibility index (Phi) is 8.11. The van der Waals surface area contributed by atoms with Crippen molar-refractivity contribution in [1.82, 2.24) is 5.32 Å². The van der Waals surface area contributed by atoms with Crippen LogP contribution in [0.2, 0.25) is 0 Å². The first kappa shape index (κ1) is 19.0. The topological polar surface area (TPSA) is 84.9 Å². The maximum Gasteiger partial charge on any atom is 0.308 e. The molecule has 2 N–H and O–H groups in total.